The second-order valence-electron chi connectivity index (χ2n) is 9.49. The van der Waals surface area contributed by atoms with Crippen LogP contribution in [-0.2, 0) is 0 Å². The quantitative estimate of drug-likeness (QED) is 0.163. The van der Waals surface area contributed by atoms with Crippen molar-refractivity contribution in [2.75, 3.05) is 0 Å². The molecule has 178 valence electrons. The van der Waals surface area contributed by atoms with E-state index < -0.39 is 0 Å². The van der Waals surface area contributed by atoms with Gasteiger partial charge < -0.3 is 0 Å². The molecule has 0 saturated carbocycles. The molecule has 1 aromatic carbocycles. The van der Waals surface area contributed by atoms with Crippen LogP contribution < -0.4 is 0 Å². The van der Waals surface area contributed by atoms with E-state index in [9.17, 15) is 0 Å². The van der Waals surface area contributed by atoms with Gasteiger partial charge in [-0.1, -0.05) is 64.5 Å². The van der Waals surface area contributed by atoms with Crippen LogP contribution in [0.3, 0.4) is 0 Å². The molecular weight excluding hydrogens is 584 g/mol. The van der Waals surface area contributed by atoms with E-state index in [1.807, 2.05) is 22.7 Å². The first-order chi connectivity index (χ1) is 16.5. The Hall–Kier alpha value is -0.940. The highest BCUT2D eigenvalue weighted by molar-refractivity contribution is 9.11. The SMILES string of the molecule is CCCC(CCC)=C1c2cc3c(cc2-c2sc(Br)cc21)C(=C(CCC)CCC)c1cc(Br)sc1-3. The van der Waals surface area contributed by atoms with E-state index in [0.29, 0.717) is 0 Å². The van der Waals surface area contributed by atoms with Gasteiger partial charge in [0.25, 0.3) is 0 Å². The van der Waals surface area contributed by atoms with E-state index in [-0.39, 0.29) is 0 Å². The molecule has 0 atom stereocenters. The summed E-state index contributed by atoms with van der Waals surface area (Å²) in [4.78, 5) is 2.90. The molecule has 5 rings (SSSR count). The van der Waals surface area contributed by atoms with Gasteiger partial charge in [-0.25, -0.2) is 0 Å². The van der Waals surface area contributed by atoms with Crippen LogP contribution in [0.25, 0.3) is 32.0 Å². The summed E-state index contributed by atoms with van der Waals surface area (Å²) in [6, 6.07) is 9.84. The van der Waals surface area contributed by atoms with Crippen molar-refractivity contribution in [2.24, 2.45) is 0 Å². The molecule has 0 amide bonds. The summed E-state index contributed by atoms with van der Waals surface area (Å²) in [5.74, 6) is 0. The number of fused-ring (bicyclic) bond motifs is 6. The van der Waals surface area contributed by atoms with Gasteiger partial charge >= 0.3 is 0 Å². The van der Waals surface area contributed by atoms with Crippen molar-refractivity contribution in [2.45, 2.75) is 79.1 Å². The number of allylic oxidation sites excluding steroid dienone is 2. The molecule has 2 aliphatic carbocycles. The first kappa shape index (κ1) is 24.7. The van der Waals surface area contributed by atoms with Crippen LogP contribution >= 0.6 is 54.5 Å². The summed E-state index contributed by atoms with van der Waals surface area (Å²) < 4.78 is 2.48. The Morgan fingerprint density at radius 3 is 1.21 bits per heavy atom. The summed E-state index contributed by atoms with van der Waals surface area (Å²) in [5, 5.41) is 0. The predicted octanol–water partition coefficient (Wildman–Crippen LogP) is 12.1. The van der Waals surface area contributed by atoms with Crippen molar-refractivity contribution < 1.29 is 0 Å². The second-order valence-corrected chi connectivity index (χ2v) is 14.3. The highest BCUT2D eigenvalue weighted by Crippen LogP contribution is 2.58. The number of hydrogen-bond donors (Lipinski definition) is 0. The number of rotatable bonds is 8. The highest BCUT2D eigenvalue weighted by Gasteiger charge is 2.34. The number of halogens is 2. The normalized spacial score (nSPS) is 13.2. The Morgan fingerprint density at radius 2 is 0.882 bits per heavy atom. The molecule has 2 heterocycles. The Morgan fingerprint density at radius 1 is 0.529 bits per heavy atom. The zero-order chi connectivity index (χ0) is 24.0. The van der Waals surface area contributed by atoms with E-state index in [2.05, 4.69) is 83.8 Å². The third kappa shape index (κ3) is 4.07. The molecule has 0 nitrogen and oxygen atoms in total. The summed E-state index contributed by atoms with van der Waals surface area (Å²) in [7, 11) is 0. The minimum Gasteiger partial charge on any atom is -0.128 e. The molecule has 0 fully saturated rings. The highest BCUT2D eigenvalue weighted by atomic mass is 79.9. The summed E-state index contributed by atoms with van der Waals surface area (Å²) >= 11 is 11.4. The standard InChI is InChI=1S/C30H32Br2S2/c1-5-9-17(10-6-2)27-19-13-22-20(14-21(19)29-23(27)15-25(31)33-29)28(18(11-7-3)12-8-4)24-16-26(32)34-30(22)24/h13-16H,5-12H2,1-4H3. The van der Waals surface area contributed by atoms with E-state index >= 15 is 0 Å². The molecule has 0 spiro atoms. The van der Waals surface area contributed by atoms with Gasteiger partial charge in [0.05, 0.1) is 7.57 Å². The van der Waals surface area contributed by atoms with Gasteiger partial charge in [0.2, 0.25) is 0 Å². The van der Waals surface area contributed by atoms with Crippen LogP contribution in [0.2, 0.25) is 0 Å². The van der Waals surface area contributed by atoms with Gasteiger partial charge in [0.15, 0.2) is 0 Å². The molecule has 0 bridgehead atoms. The third-order valence-electron chi connectivity index (χ3n) is 7.04. The summed E-state index contributed by atoms with van der Waals surface area (Å²) in [6.07, 6.45) is 9.54. The molecular formula is C30H32Br2S2. The van der Waals surface area contributed by atoms with Crippen LogP contribution in [0.1, 0.15) is 101 Å². The Balaban J connectivity index is 1.82. The summed E-state index contributed by atoms with van der Waals surface area (Å²) in [6.45, 7) is 9.26. The van der Waals surface area contributed by atoms with Gasteiger partial charge in [-0.3, -0.25) is 0 Å². The van der Waals surface area contributed by atoms with Crippen LogP contribution in [0.15, 0.2) is 43.0 Å². The lowest BCUT2D eigenvalue weighted by atomic mass is 9.89. The van der Waals surface area contributed by atoms with Gasteiger partial charge in [0, 0.05) is 32.0 Å². The molecule has 2 aliphatic rings. The largest absolute Gasteiger partial charge is 0.128 e. The predicted molar refractivity (Wildman–Crippen MR) is 160 cm³/mol. The van der Waals surface area contributed by atoms with Crippen LogP contribution in [0.4, 0.5) is 0 Å². The zero-order valence-electron chi connectivity index (χ0n) is 20.5. The fraction of sp³-hybridized carbons (Fsp3) is 0.400. The number of thiophene rings is 2. The fourth-order valence-electron chi connectivity index (χ4n) is 5.89. The van der Waals surface area contributed by atoms with E-state index in [0.717, 1.165) is 0 Å². The van der Waals surface area contributed by atoms with Crippen molar-refractivity contribution in [3.63, 3.8) is 0 Å². The van der Waals surface area contributed by atoms with Crippen LogP contribution in [0, 0.1) is 0 Å². The molecule has 34 heavy (non-hydrogen) atoms. The van der Waals surface area contributed by atoms with Crippen molar-refractivity contribution >= 4 is 65.7 Å². The van der Waals surface area contributed by atoms with Crippen molar-refractivity contribution in [3.05, 3.63) is 65.2 Å². The minimum absolute atomic E-state index is 1.19. The van der Waals surface area contributed by atoms with Gasteiger partial charge in [-0.2, -0.15) is 0 Å². The molecule has 4 heteroatoms. The second kappa shape index (κ2) is 10.2. The molecule has 0 radical (unpaired) electrons. The Kier molecular flexibility index (Phi) is 7.42. The Bertz CT molecular complexity index is 1200. The molecule has 0 N–H and O–H groups in total. The first-order valence-electron chi connectivity index (χ1n) is 12.7. The molecule has 0 aliphatic heterocycles. The monoisotopic (exact) mass is 614 g/mol. The third-order valence-corrected chi connectivity index (χ3v) is 10.4. The average molecular weight is 617 g/mol. The van der Waals surface area contributed by atoms with Crippen molar-refractivity contribution in [1.82, 2.24) is 0 Å². The lowest BCUT2D eigenvalue weighted by Gasteiger charge is -2.15. The maximum Gasteiger partial charge on any atom is 0.0711 e. The molecule has 3 aromatic rings. The number of hydrogen-bond acceptors (Lipinski definition) is 2. The topological polar surface area (TPSA) is 0 Å². The Labute approximate surface area is 229 Å². The lowest BCUT2D eigenvalue weighted by molar-refractivity contribution is 0.806. The fourth-order valence-corrected chi connectivity index (χ4v) is 9.16. The maximum absolute atomic E-state index is 3.81. The van der Waals surface area contributed by atoms with Crippen molar-refractivity contribution in [3.8, 4) is 20.9 Å². The summed E-state index contributed by atoms with van der Waals surface area (Å²) in [5.41, 5.74) is 15.0. The van der Waals surface area contributed by atoms with Crippen LogP contribution in [-0.4, -0.2) is 0 Å². The molecule has 0 saturated heterocycles. The average Bonchev–Trinajstić information content (AvgIpc) is 3.50. The minimum atomic E-state index is 1.19. The van der Waals surface area contributed by atoms with Gasteiger partial charge in [0.1, 0.15) is 0 Å². The van der Waals surface area contributed by atoms with Crippen LogP contribution in [0.5, 0.6) is 0 Å². The smallest absolute Gasteiger partial charge is 0.0711 e. The number of benzene rings is 1. The van der Waals surface area contributed by atoms with Crippen molar-refractivity contribution in [1.29, 1.82) is 0 Å². The zero-order valence-corrected chi connectivity index (χ0v) is 25.3. The molecule has 2 aromatic heterocycles. The molecule has 0 unspecified atom stereocenters. The maximum atomic E-state index is 3.81. The van der Waals surface area contributed by atoms with Gasteiger partial charge in [-0.15, -0.1) is 22.7 Å². The van der Waals surface area contributed by atoms with E-state index in [4.69, 9.17) is 0 Å². The van der Waals surface area contributed by atoms with Gasteiger partial charge in [-0.05, 0) is 104 Å². The van der Waals surface area contributed by atoms with E-state index in [1.54, 1.807) is 11.1 Å². The lowest BCUT2D eigenvalue weighted by Crippen LogP contribution is -1.94. The first-order valence-corrected chi connectivity index (χ1v) is 16.0. The van der Waals surface area contributed by atoms with E-state index in [1.165, 1.54) is 113 Å².